The number of alkyl halides is 1. The first-order valence-electron chi connectivity index (χ1n) is 3.07. The summed E-state index contributed by atoms with van der Waals surface area (Å²) < 4.78 is 0. The first-order chi connectivity index (χ1) is 4.90. The number of hydrogen-bond acceptors (Lipinski definition) is 2. The van der Waals surface area contributed by atoms with Crippen molar-refractivity contribution in [2.75, 3.05) is 5.33 Å². The maximum absolute atomic E-state index is 10.8. The molecule has 0 aliphatic rings. The molecule has 0 unspecified atom stereocenters. The van der Waals surface area contributed by atoms with E-state index < -0.39 is 11.4 Å². The lowest BCUT2D eigenvalue weighted by molar-refractivity contribution is -0.129. The van der Waals surface area contributed by atoms with Gasteiger partial charge in [-0.25, -0.2) is 0 Å². The Labute approximate surface area is 73.6 Å². The molecule has 11 heavy (non-hydrogen) atoms. The van der Waals surface area contributed by atoms with Gasteiger partial charge in [-0.2, -0.15) is 0 Å². The van der Waals surface area contributed by atoms with Gasteiger partial charge in [-0.05, 0) is 13.8 Å². The molecule has 0 fully saturated rings. The molecule has 0 spiro atoms. The highest BCUT2D eigenvalue weighted by atomic mass is 79.9. The van der Waals surface area contributed by atoms with Crippen molar-refractivity contribution in [3.63, 3.8) is 0 Å². The third kappa shape index (κ3) is 3.36. The van der Waals surface area contributed by atoms with Crippen molar-refractivity contribution in [2.24, 2.45) is 5.73 Å². The van der Waals surface area contributed by atoms with E-state index in [1.165, 1.54) is 0 Å². The summed E-state index contributed by atoms with van der Waals surface area (Å²) in [5.74, 6) is -0.805. The van der Waals surface area contributed by atoms with Crippen LogP contribution in [0.3, 0.4) is 0 Å². The molecular weight excluding hydrogens is 212 g/mol. The van der Waals surface area contributed by atoms with Gasteiger partial charge in [-0.3, -0.25) is 9.59 Å². The predicted molar refractivity (Wildman–Crippen MR) is 45.2 cm³/mol. The highest BCUT2D eigenvalue weighted by molar-refractivity contribution is 9.09. The second-order valence-corrected chi connectivity index (χ2v) is 3.23. The third-order valence-electron chi connectivity index (χ3n) is 1.19. The van der Waals surface area contributed by atoms with E-state index in [0.29, 0.717) is 0 Å². The number of amides is 2. The Morgan fingerprint density at radius 2 is 2.00 bits per heavy atom. The molecule has 0 rings (SSSR count). The van der Waals surface area contributed by atoms with Crippen LogP contribution in [0.1, 0.15) is 13.8 Å². The average Bonchev–Trinajstić information content (AvgIpc) is 1.86. The second-order valence-electron chi connectivity index (χ2n) is 2.67. The standard InChI is InChI=1S/C6H11BrN2O2/c1-6(2,5(8)11)9-4(10)3-7/h3H2,1-2H3,(H2,8,11)(H,9,10). The van der Waals surface area contributed by atoms with Crippen LogP contribution in [0.25, 0.3) is 0 Å². The topological polar surface area (TPSA) is 72.2 Å². The Morgan fingerprint density at radius 1 is 1.55 bits per heavy atom. The first-order valence-corrected chi connectivity index (χ1v) is 4.19. The van der Waals surface area contributed by atoms with Crippen LogP contribution < -0.4 is 11.1 Å². The molecule has 4 nitrogen and oxygen atoms in total. The summed E-state index contributed by atoms with van der Waals surface area (Å²) in [5, 5.41) is 2.62. The van der Waals surface area contributed by atoms with Crippen LogP contribution in [-0.2, 0) is 9.59 Å². The van der Waals surface area contributed by atoms with Gasteiger partial charge >= 0.3 is 0 Å². The quantitative estimate of drug-likeness (QED) is 0.648. The van der Waals surface area contributed by atoms with Crippen LogP contribution in [-0.4, -0.2) is 22.7 Å². The molecule has 64 valence electrons. The number of halogens is 1. The number of hydrogen-bond donors (Lipinski definition) is 2. The molecule has 0 saturated heterocycles. The fraction of sp³-hybridized carbons (Fsp3) is 0.667. The minimum Gasteiger partial charge on any atom is -0.368 e. The molecule has 0 aromatic rings. The predicted octanol–water partition coefficient (Wildman–Crippen LogP) is -0.239. The fourth-order valence-electron chi connectivity index (χ4n) is 0.444. The van der Waals surface area contributed by atoms with E-state index in [1.807, 2.05) is 0 Å². The van der Waals surface area contributed by atoms with Crippen molar-refractivity contribution in [2.45, 2.75) is 19.4 Å². The average molecular weight is 223 g/mol. The maximum Gasteiger partial charge on any atom is 0.242 e. The highest BCUT2D eigenvalue weighted by Crippen LogP contribution is 1.99. The monoisotopic (exact) mass is 222 g/mol. The van der Waals surface area contributed by atoms with Crippen LogP contribution in [0.15, 0.2) is 0 Å². The Hall–Kier alpha value is -0.580. The van der Waals surface area contributed by atoms with Crippen LogP contribution in [0.4, 0.5) is 0 Å². The van der Waals surface area contributed by atoms with Gasteiger partial charge in [0.15, 0.2) is 0 Å². The molecule has 0 heterocycles. The summed E-state index contributed by atoms with van der Waals surface area (Å²) in [6.45, 7) is 3.10. The van der Waals surface area contributed by atoms with Crippen LogP contribution in [0, 0.1) is 0 Å². The van der Waals surface area contributed by atoms with E-state index >= 15 is 0 Å². The van der Waals surface area contributed by atoms with Crippen molar-refractivity contribution in [1.82, 2.24) is 5.32 Å². The molecule has 2 amide bonds. The van der Waals surface area contributed by atoms with Gasteiger partial charge in [-0.1, -0.05) is 15.9 Å². The Bertz CT molecular complexity index is 179. The van der Waals surface area contributed by atoms with Gasteiger partial charge in [-0.15, -0.1) is 0 Å². The van der Waals surface area contributed by atoms with E-state index in [1.54, 1.807) is 13.8 Å². The number of nitrogens with one attached hydrogen (secondary N) is 1. The summed E-state index contributed by atoms with van der Waals surface area (Å²) in [4.78, 5) is 21.4. The van der Waals surface area contributed by atoms with E-state index in [2.05, 4.69) is 21.2 Å². The van der Waals surface area contributed by atoms with E-state index in [4.69, 9.17) is 5.73 Å². The molecule has 0 aliphatic heterocycles. The van der Waals surface area contributed by atoms with Gasteiger partial charge in [0.1, 0.15) is 5.54 Å². The number of carbonyl (C=O) groups is 2. The van der Waals surface area contributed by atoms with Gasteiger partial charge in [0, 0.05) is 0 Å². The van der Waals surface area contributed by atoms with E-state index in [-0.39, 0.29) is 11.2 Å². The van der Waals surface area contributed by atoms with Crippen molar-refractivity contribution in [3.05, 3.63) is 0 Å². The third-order valence-corrected chi connectivity index (χ3v) is 1.70. The van der Waals surface area contributed by atoms with Gasteiger partial charge in [0.05, 0.1) is 5.33 Å². The van der Waals surface area contributed by atoms with E-state index in [9.17, 15) is 9.59 Å². The zero-order valence-electron chi connectivity index (χ0n) is 6.48. The number of nitrogens with two attached hydrogens (primary N) is 1. The zero-order valence-corrected chi connectivity index (χ0v) is 8.06. The van der Waals surface area contributed by atoms with Crippen LogP contribution in [0.5, 0.6) is 0 Å². The van der Waals surface area contributed by atoms with Gasteiger partial charge < -0.3 is 11.1 Å². The summed E-state index contributed by atoms with van der Waals surface area (Å²) in [6, 6.07) is 0. The Morgan fingerprint density at radius 3 is 2.27 bits per heavy atom. The molecule has 0 atom stereocenters. The largest absolute Gasteiger partial charge is 0.368 e. The zero-order chi connectivity index (χ0) is 9.07. The smallest absolute Gasteiger partial charge is 0.242 e. The maximum atomic E-state index is 10.8. The molecular formula is C6H11BrN2O2. The SMILES string of the molecule is CC(C)(NC(=O)CBr)C(N)=O. The van der Waals surface area contributed by atoms with Crippen molar-refractivity contribution in [1.29, 1.82) is 0 Å². The minimum atomic E-state index is -0.967. The van der Waals surface area contributed by atoms with Crippen LogP contribution >= 0.6 is 15.9 Å². The molecule has 0 radical (unpaired) electrons. The van der Waals surface area contributed by atoms with Crippen LogP contribution in [0.2, 0.25) is 0 Å². The molecule has 0 aromatic heterocycles. The summed E-state index contributed by atoms with van der Waals surface area (Å²) in [5.41, 5.74) is 4.04. The summed E-state index contributed by atoms with van der Waals surface area (Å²) in [6.07, 6.45) is 0. The second kappa shape index (κ2) is 3.71. The lowest BCUT2D eigenvalue weighted by atomic mass is 10.1. The van der Waals surface area contributed by atoms with Gasteiger partial charge in [0.25, 0.3) is 0 Å². The van der Waals surface area contributed by atoms with Gasteiger partial charge in [0.2, 0.25) is 11.8 Å². The normalized spacial score (nSPS) is 10.8. The Balaban J connectivity index is 4.12. The lowest BCUT2D eigenvalue weighted by Gasteiger charge is -2.21. The summed E-state index contributed by atoms with van der Waals surface area (Å²) >= 11 is 2.95. The molecule has 0 aliphatic carbocycles. The number of rotatable bonds is 3. The van der Waals surface area contributed by atoms with Crippen molar-refractivity contribution < 1.29 is 9.59 Å². The van der Waals surface area contributed by atoms with E-state index in [0.717, 1.165) is 0 Å². The lowest BCUT2D eigenvalue weighted by Crippen LogP contribution is -2.53. The minimum absolute atomic E-state index is 0.170. The highest BCUT2D eigenvalue weighted by Gasteiger charge is 2.25. The molecule has 3 N–H and O–H groups in total. The first kappa shape index (κ1) is 10.4. The molecule has 0 bridgehead atoms. The van der Waals surface area contributed by atoms with Crippen molar-refractivity contribution >= 4 is 27.7 Å². The molecule has 5 heteroatoms. The van der Waals surface area contributed by atoms with Crippen molar-refractivity contribution in [3.8, 4) is 0 Å². The molecule has 0 aromatic carbocycles. The summed E-state index contributed by atoms with van der Waals surface area (Å²) in [7, 11) is 0. The fourth-order valence-corrected chi connectivity index (χ4v) is 0.584. The Kier molecular flexibility index (Phi) is 3.51. The number of primary amides is 1. The number of carbonyl (C=O) groups excluding carboxylic acids is 2. The molecule has 0 saturated carbocycles.